The van der Waals surface area contributed by atoms with Crippen LogP contribution in [-0.2, 0) is 14.8 Å². The Morgan fingerprint density at radius 2 is 1.52 bits per heavy atom. The van der Waals surface area contributed by atoms with Crippen molar-refractivity contribution < 1.29 is 13.0 Å². The molecule has 144 valence electrons. The highest BCUT2D eigenvalue weighted by Crippen LogP contribution is 2.33. The van der Waals surface area contributed by atoms with Gasteiger partial charge in [0.2, 0.25) is 0 Å². The number of hydrogen-bond donors (Lipinski definition) is 2. The van der Waals surface area contributed by atoms with Gasteiger partial charge in [-0.25, -0.2) is 13.8 Å². The van der Waals surface area contributed by atoms with Gasteiger partial charge in [-0.2, -0.15) is 10.6 Å². The molecular formula is C18H16Cl2F2N3OS-. The number of hydrogen-bond acceptors (Lipinski definition) is 4. The maximum Gasteiger partial charge on any atom is 0.142 e. The van der Waals surface area contributed by atoms with Crippen LogP contribution in [0, 0.1) is 23.3 Å². The maximum absolute atomic E-state index is 13.9. The summed E-state index contributed by atoms with van der Waals surface area (Å²) in [5.74, 6) is -0.938. The van der Waals surface area contributed by atoms with E-state index in [1.807, 2.05) is 6.92 Å². The van der Waals surface area contributed by atoms with Crippen molar-refractivity contribution in [3.05, 3.63) is 86.9 Å². The SMILES string of the molecule is C[S-](=N)=O.Cc1cnc(C(c2ccc(Cl)c(F)c2)c2ccc(Cl)c(F)c2)[nH]1. The van der Waals surface area contributed by atoms with Crippen LogP contribution in [-0.4, -0.2) is 16.2 Å². The number of benzene rings is 2. The van der Waals surface area contributed by atoms with Gasteiger partial charge >= 0.3 is 0 Å². The van der Waals surface area contributed by atoms with Crippen molar-refractivity contribution in [2.24, 2.45) is 0 Å². The third kappa shape index (κ3) is 5.76. The summed E-state index contributed by atoms with van der Waals surface area (Å²) < 4.78 is 43.0. The summed E-state index contributed by atoms with van der Waals surface area (Å²) in [6.45, 7) is 1.86. The van der Waals surface area contributed by atoms with Gasteiger partial charge < -0.3 is 14.0 Å². The summed E-state index contributed by atoms with van der Waals surface area (Å²) in [4.78, 5) is 7.43. The van der Waals surface area contributed by atoms with Gasteiger partial charge in [0.25, 0.3) is 0 Å². The van der Waals surface area contributed by atoms with Crippen LogP contribution < -0.4 is 0 Å². The topological polar surface area (TPSA) is 69.6 Å². The van der Waals surface area contributed by atoms with Crippen molar-refractivity contribution >= 4 is 33.8 Å². The van der Waals surface area contributed by atoms with Gasteiger partial charge in [-0.1, -0.05) is 35.3 Å². The number of rotatable bonds is 3. The Kier molecular flexibility index (Phi) is 7.35. The predicted molar refractivity (Wildman–Crippen MR) is 104 cm³/mol. The van der Waals surface area contributed by atoms with Gasteiger partial charge in [0.05, 0.1) is 16.0 Å². The molecule has 0 bridgehead atoms. The molecule has 0 atom stereocenters. The Labute approximate surface area is 167 Å². The van der Waals surface area contributed by atoms with Crippen LogP contribution >= 0.6 is 23.2 Å². The highest BCUT2D eigenvalue weighted by Gasteiger charge is 2.22. The minimum absolute atomic E-state index is 0.0328. The van der Waals surface area contributed by atoms with Crippen molar-refractivity contribution in [1.29, 1.82) is 4.78 Å². The largest absolute Gasteiger partial charge is 0.445 e. The molecule has 0 aliphatic rings. The fraction of sp³-hybridized carbons (Fsp3) is 0.167. The molecule has 0 amide bonds. The van der Waals surface area contributed by atoms with E-state index in [4.69, 9.17) is 28.0 Å². The van der Waals surface area contributed by atoms with Crippen LogP contribution in [0.3, 0.4) is 0 Å². The van der Waals surface area contributed by atoms with E-state index in [0.717, 1.165) is 5.69 Å². The quantitative estimate of drug-likeness (QED) is 0.513. The molecule has 2 N–H and O–H groups in total. The Morgan fingerprint density at radius 3 is 1.85 bits per heavy atom. The first-order chi connectivity index (χ1) is 12.7. The lowest BCUT2D eigenvalue weighted by atomic mass is 9.90. The zero-order valence-corrected chi connectivity index (χ0v) is 16.7. The number of nitrogens with zero attached hydrogens (tertiary/aromatic N) is 1. The second-order valence-electron chi connectivity index (χ2n) is 5.69. The molecule has 0 unspecified atom stereocenters. The first-order valence-corrected chi connectivity index (χ1v) is 9.96. The van der Waals surface area contributed by atoms with Crippen molar-refractivity contribution in [2.75, 3.05) is 6.26 Å². The minimum atomic E-state index is -1.36. The molecular weight excluding hydrogens is 415 g/mol. The summed E-state index contributed by atoms with van der Waals surface area (Å²) >= 11 is 11.5. The van der Waals surface area contributed by atoms with Crippen LogP contribution in [0.5, 0.6) is 0 Å². The first kappa shape index (κ1) is 21.3. The average molecular weight is 431 g/mol. The molecule has 2 aromatic carbocycles. The molecule has 9 heteroatoms. The molecule has 3 aromatic rings. The summed E-state index contributed by atoms with van der Waals surface area (Å²) in [6.07, 6.45) is 2.97. The molecule has 1 heterocycles. The van der Waals surface area contributed by atoms with E-state index in [0.29, 0.717) is 17.0 Å². The van der Waals surface area contributed by atoms with E-state index in [1.165, 1.54) is 30.5 Å². The van der Waals surface area contributed by atoms with Gasteiger partial charge in [0.1, 0.15) is 17.5 Å². The summed E-state index contributed by atoms with van der Waals surface area (Å²) in [5, 5.41) is 0.0656. The third-order valence-corrected chi connectivity index (χ3v) is 4.16. The average Bonchev–Trinajstić information content (AvgIpc) is 3.00. The monoisotopic (exact) mass is 430 g/mol. The standard InChI is InChI=1S/C17H12Cl2F2N2.CH4NOS/c1-9-8-22-17(23-9)16(10-2-4-12(18)14(20)6-10)11-3-5-13(19)15(21)7-11;1-4(2)3/h2-8,16H,1H3,(H,22,23);2H,1H3/q;-1. The number of aromatic amines is 1. The van der Waals surface area contributed by atoms with Crippen molar-refractivity contribution in [2.45, 2.75) is 12.8 Å². The zero-order valence-electron chi connectivity index (χ0n) is 14.4. The smallest absolute Gasteiger partial charge is 0.142 e. The lowest BCUT2D eigenvalue weighted by Gasteiger charge is -2.17. The van der Waals surface area contributed by atoms with E-state index >= 15 is 0 Å². The van der Waals surface area contributed by atoms with Crippen LogP contribution in [0.15, 0.2) is 42.6 Å². The summed E-state index contributed by atoms with van der Waals surface area (Å²) in [6, 6.07) is 9.00. The maximum atomic E-state index is 13.9. The number of imidazole rings is 1. The van der Waals surface area contributed by atoms with Crippen LogP contribution in [0.1, 0.15) is 28.6 Å². The van der Waals surface area contributed by atoms with Crippen LogP contribution in [0.4, 0.5) is 8.78 Å². The number of aromatic nitrogens is 2. The molecule has 0 saturated carbocycles. The summed E-state index contributed by atoms with van der Waals surface area (Å²) in [7, 11) is -1.36. The molecule has 0 aliphatic heterocycles. The van der Waals surface area contributed by atoms with Gasteiger partial charge in [0.15, 0.2) is 0 Å². The predicted octanol–water partition coefficient (Wildman–Crippen LogP) is 5.83. The fourth-order valence-electron chi connectivity index (χ4n) is 2.47. The van der Waals surface area contributed by atoms with Gasteiger partial charge in [0, 0.05) is 11.9 Å². The van der Waals surface area contributed by atoms with E-state index in [2.05, 4.69) is 9.97 Å². The number of nitrogens with one attached hydrogen (secondary N) is 2. The second kappa shape index (κ2) is 9.30. The van der Waals surface area contributed by atoms with E-state index < -0.39 is 28.1 Å². The second-order valence-corrected chi connectivity index (χ2v) is 7.41. The molecule has 0 radical (unpaired) electrons. The van der Waals surface area contributed by atoms with E-state index in [1.54, 1.807) is 18.3 Å². The Morgan fingerprint density at radius 1 is 1.07 bits per heavy atom. The Hall–Kier alpha value is -1.96. The number of halogens is 4. The number of H-pyrrole nitrogens is 1. The van der Waals surface area contributed by atoms with Crippen molar-refractivity contribution in [3.63, 3.8) is 0 Å². The minimum Gasteiger partial charge on any atom is -0.445 e. The normalized spacial score (nSPS) is 10.8. The van der Waals surface area contributed by atoms with E-state index in [9.17, 15) is 13.0 Å². The van der Waals surface area contributed by atoms with Crippen molar-refractivity contribution in [3.8, 4) is 0 Å². The Bertz CT molecular complexity index is 962. The first-order valence-electron chi connectivity index (χ1n) is 7.65. The Balaban J connectivity index is 0.000000596. The zero-order chi connectivity index (χ0) is 20.1. The molecule has 27 heavy (non-hydrogen) atoms. The van der Waals surface area contributed by atoms with Gasteiger partial charge in [-0.3, -0.25) is 0 Å². The lowest BCUT2D eigenvalue weighted by molar-refractivity contribution is 0.601. The fourth-order valence-corrected chi connectivity index (χ4v) is 2.71. The third-order valence-electron chi connectivity index (χ3n) is 3.55. The molecule has 1 aromatic heterocycles. The molecule has 0 spiro atoms. The van der Waals surface area contributed by atoms with Crippen LogP contribution in [0.2, 0.25) is 10.0 Å². The molecule has 0 aliphatic carbocycles. The molecule has 3 rings (SSSR count). The molecule has 0 fully saturated rings. The lowest BCUT2D eigenvalue weighted by Crippen LogP contribution is -2.06. The van der Waals surface area contributed by atoms with Crippen LogP contribution in [0.25, 0.3) is 0 Å². The number of aryl methyl sites for hydroxylation is 1. The summed E-state index contributed by atoms with van der Waals surface area (Å²) in [5.41, 5.74) is 2.08. The van der Waals surface area contributed by atoms with Gasteiger partial charge in [-0.05, 0) is 42.3 Å². The highest BCUT2D eigenvalue weighted by atomic mass is 35.5. The van der Waals surface area contributed by atoms with Crippen molar-refractivity contribution in [1.82, 2.24) is 9.97 Å². The van der Waals surface area contributed by atoms with E-state index in [-0.39, 0.29) is 10.0 Å². The molecule has 0 saturated heterocycles. The van der Waals surface area contributed by atoms with Gasteiger partial charge in [-0.15, -0.1) is 6.26 Å². The molecule has 4 nitrogen and oxygen atoms in total. The highest BCUT2D eigenvalue weighted by molar-refractivity contribution is 7.72.